The molecule has 0 saturated carbocycles. The van der Waals surface area contributed by atoms with Crippen molar-refractivity contribution in [3.05, 3.63) is 0 Å². The molecule has 1 unspecified atom stereocenters. The number of rotatable bonds is 7. The first-order valence-electron chi connectivity index (χ1n) is 6.18. The Morgan fingerprint density at radius 1 is 1.50 bits per heavy atom. The quantitative estimate of drug-likeness (QED) is 0.660. The van der Waals surface area contributed by atoms with E-state index in [9.17, 15) is 13.2 Å². The normalized spacial score (nSPS) is 23.9. The van der Waals surface area contributed by atoms with Gasteiger partial charge in [0.2, 0.25) is 0 Å². The average molecular weight is 279 g/mol. The molecule has 1 rings (SSSR count). The standard InChI is InChI=1S/C11H21NO5S/c1-2-17-6-3-4-12-5-7-18(15,16)9-10(12)8-11(13)14/h10H,2-9H2,1H3,(H,13,14). The van der Waals surface area contributed by atoms with Gasteiger partial charge in [-0.15, -0.1) is 0 Å². The van der Waals surface area contributed by atoms with Gasteiger partial charge in [-0.25, -0.2) is 8.42 Å². The summed E-state index contributed by atoms with van der Waals surface area (Å²) in [6, 6.07) is -0.400. The molecule has 0 aliphatic carbocycles. The Hall–Kier alpha value is -0.660. The zero-order valence-electron chi connectivity index (χ0n) is 10.7. The molecular weight excluding hydrogens is 258 g/mol. The summed E-state index contributed by atoms with van der Waals surface area (Å²) in [5.74, 6) is -0.877. The average Bonchev–Trinajstić information content (AvgIpc) is 2.25. The molecule has 0 spiro atoms. The topological polar surface area (TPSA) is 83.9 Å². The molecular formula is C11H21NO5S. The van der Waals surface area contributed by atoms with Crippen LogP contribution in [0.4, 0.5) is 0 Å². The van der Waals surface area contributed by atoms with Gasteiger partial charge in [0.15, 0.2) is 9.84 Å². The molecule has 1 atom stereocenters. The lowest BCUT2D eigenvalue weighted by molar-refractivity contribution is -0.138. The fraction of sp³-hybridized carbons (Fsp3) is 0.909. The maximum absolute atomic E-state index is 11.5. The fourth-order valence-electron chi connectivity index (χ4n) is 2.12. The molecule has 18 heavy (non-hydrogen) atoms. The lowest BCUT2D eigenvalue weighted by atomic mass is 10.2. The highest BCUT2D eigenvalue weighted by Crippen LogP contribution is 2.15. The van der Waals surface area contributed by atoms with E-state index in [2.05, 4.69) is 0 Å². The number of ether oxygens (including phenoxy) is 1. The third-order valence-corrected chi connectivity index (χ3v) is 4.70. The van der Waals surface area contributed by atoms with Gasteiger partial charge in [-0.05, 0) is 13.3 Å². The van der Waals surface area contributed by atoms with E-state index < -0.39 is 21.8 Å². The molecule has 0 aromatic heterocycles. The van der Waals surface area contributed by atoms with Crippen LogP contribution < -0.4 is 0 Å². The Bertz CT molecular complexity index is 368. The first-order valence-corrected chi connectivity index (χ1v) is 8.00. The second-order valence-corrected chi connectivity index (χ2v) is 6.68. The highest BCUT2D eigenvalue weighted by Gasteiger charge is 2.32. The lowest BCUT2D eigenvalue weighted by Crippen LogP contribution is -2.49. The van der Waals surface area contributed by atoms with Gasteiger partial charge < -0.3 is 9.84 Å². The van der Waals surface area contributed by atoms with Crippen molar-refractivity contribution in [3.63, 3.8) is 0 Å². The van der Waals surface area contributed by atoms with Gasteiger partial charge in [-0.1, -0.05) is 0 Å². The summed E-state index contributed by atoms with van der Waals surface area (Å²) in [6.07, 6.45) is 0.678. The summed E-state index contributed by atoms with van der Waals surface area (Å²) in [5.41, 5.74) is 0. The van der Waals surface area contributed by atoms with Crippen LogP contribution in [0.3, 0.4) is 0 Å². The molecule has 0 radical (unpaired) electrons. The fourth-order valence-corrected chi connectivity index (χ4v) is 3.71. The Balaban J connectivity index is 2.50. The molecule has 0 aromatic rings. The largest absolute Gasteiger partial charge is 0.481 e. The minimum absolute atomic E-state index is 0.0477. The maximum atomic E-state index is 11.5. The summed E-state index contributed by atoms with van der Waals surface area (Å²) in [5, 5.41) is 8.82. The van der Waals surface area contributed by atoms with Crippen molar-refractivity contribution in [2.45, 2.75) is 25.8 Å². The van der Waals surface area contributed by atoms with Gasteiger partial charge in [-0.3, -0.25) is 9.69 Å². The summed E-state index contributed by atoms with van der Waals surface area (Å²) in [7, 11) is -3.08. The molecule has 1 aliphatic heterocycles. The highest BCUT2D eigenvalue weighted by molar-refractivity contribution is 7.91. The number of carbonyl (C=O) groups is 1. The van der Waals surface area contributed by atoms with Crippen LogP contribution in [0.25, 0.3) is 0 Å². The number of nitrogens with zero attached hydrogens (tertiary/aromatic N) is 1. The van der Waals surface area contributed by atoms with Crippen LogP contribution >= 0.6 is 0 Å². The predicted octanol–water partition coefficient (Wildman–Crippen LogP) is -0.0133. The Kier molecular flexibility index (Phi) is 6.04. The molecule has 106 valence electrons. The van der Waals surface area contributed by atoms with E-state index in [1.807, 2.05) is 11.8 Å². The summed E-state index contributed by atoms with van der Waals surface area (Å²) in [4.78, 5) is 12.7. The SMILES string of the molecule is CCOCCCN1CCS(=O)(=O)CC1CC(=O)O. The molecule has 0 amide bonds. The number of sulfone groups is 1. The summed E-state index contributed by atoms with van der Waals surface area (Å²) < 4.78 is 28.3. The third kappa shape index (κ3) is 5.32. The van der Waals surface area contributed by atoms with Gasteiger partial charge in [-0.2, -0.15) is 0 Å². The maximum Gasteiger partial charge on any atom is 0.304 e. The zero-order valence-corrected chi connectivity index (χ0v) is 11.5. The van der Waals surface area contributed by atoms with Crippen LogP contribution in [0.2, 0.25) is 0 Å². The highest BCUT2D eigenvalue weighted by atomic mass is 32.2. The molecule has 7 heteroatoms. The number of hydrogen-bond donors (Lipinski definition) is 1. The van der Waals surface area contributed by atoms with Crippen molar-refractivity contribution < 1.29 is 23.1 Å². The van der Waals surface area contributed by atoms with Crippen molar-refractivity contribution in [2.75, 3.05) is 37.8 Å². The molecule has 6 nitrogen and oxygen atoms in total. The Morgan fingerprint density at radius 2 is 2.22 bits per heavy atom. The van der Waals surface area contributed by atoms with Crippen LogP contribution in [0.1, 0.15) is 19.8 Å². The molecule has 0 aromatic carbocycles. The predicted molar refractivity (Wildman–Crippen MR) is 67.4 cm³/mol. The second kappa shape index (κ2) is 7.06. The van der Waals surface area contributed by atoms with Crippen molar-refractivity contribution in [1.29, 1.82) is 0 Å². The number of hydrogen-bond acceptors (Lipinski definition) is 5. The molecule has 0 bridgehead atoms. The van der Waals surface area contributed by atoms with E-state index in [1.54, 1.807) is 0 Å². The smallest absolute Gasteiger partial charge is 0.304 e. The monoisotopic (exact) mass is 279 g/mol. The number of carboxylic acids is 1. The molecule has 1 fully saturated rings. The van der Waals surface area contributed by atoms with Crippen LogP contribution in [-0.2, 0) is 19.4 Å². The minimum Gasteiger partial charge on any atom is -0.481 e. The summed E-state index contributed by atoms with van der Waals surface area (Å²) >= 11 is 0. The van der Waals surface area contributed by atoms with Gasteiger partial charge in [0.05, 0.1) is 17.9 Å². The molecule has 1 saturated heterocycles. The van der Waals surface area contributed by atoms with Gasteiger partial charge in [0.1, 0.15) is 0 Å². The number of carboxylic acid groups (broad SMARTS) is 1. The zero-order chi connectivity index (χ0) is 13.6. The van der Waals surface area contributed by atoms with Crippen LogP contribution in [0.5, 0.6) is 0 Å². The van der Waals surface area contributed by atoms with Crippen LogP contribution in [0.15, 0.2) is 0 Å². The first kappa shape index (κ1) is 15.4. The van der Waals surface area contributed by atoms with Gasteiger partial charge in [0, 0.05) is 32.3 Å². The third-order valence-electron chi connectivity index (χ3n) is 3.00. The van der Waals surface area contributed by atoms with Crippen LogP contribution in [0, 0.1) is 0 Å². The minimum atomic E-state index is -3.08. The van der Waals surface area contributed by atoms with Crippen molar-refractivity contribution in [2.24, 2.45) is 0 Å². The van der Waals surface area contributed by atoms with Crippen molar-refractivity contribution in [3.8, 4) is 0 Å². The van der Waals surface area contributed by atoms with E-state index in [-0.39, 0.29) is 17.9 Å². The van der Waals surface area contributed by atoms with E-state index in [0.717, 1.165) is 6.42 Å². The lowest BCUT2D eigenvalue weighted by Gasteiger charge is -2.34. The van der Waals surface area contributed by atoms with Gasteiger partial charge >= 0.3 is 5.97 Å². The number of aliphatic carboxylic acids is 1. The molecule has 1 N–H and O–H groups in total. The first-order chi connectivity index (χ1) is 8.44. The van der Waals surface area contributed by atoms with E-state index in [0.29, 0.717) is 26.3 Å². The van der Waals surface area contributed by atoms with Crippen molar-refractivity contribution >= 4 is 15.8 Å². The molecule has 1 heterocycles. The second-order valence-electron chi connectivity index (χ2n) is 4.45. The van der Waals surface area contributed by atoms with E-state index >= 15 is 0 Å². The summed E-state index contributed by atoms with van der Waals surface area (Å²) in [6.45, 7) is 4.31. The Morgan fingerprint density at radius 3 is 2.83 bits per heavy atom. The molecule has 1 aliphatic rings. The van der Waals surface area contributed by atoms with Crippen molar-refractivity contribution in [1.82, 2.24) is 4.90 Å². The van der Waals surface area contributed by atoms with Gasteiger partial charge in [0.25, 0.3) is 0 Å². The van der Waals surface area contributed by atoms with E-state index in [1.165, 1.54) is 0 Å². The van der Waals surface area contributed by atoms with E-state index in [4.69, 9.17) is 9.84 Å². The Labute approximate surface area is 108 Å². The van der Waals surface area contributed by atoms with Crippen LogP contribution in [-0.4, -0.2) is 68.2 Å².